The van der Waals surface area contributed by atoms with Gasteiger partial charge in [0.1, 0.15) is 0 Å². The Hall–Kier alpha value is -0.160. The predicted octanol–water partition coefficient (Wildman–Crippen LogP) is 3.81. The molecule has 14 heavy (non-hydrogen) atoms. The monoisotopic (exact) mass is 287 g/mol. The highest BCUT2D eigenvalue weighted by atomic mass is 79.9. The SMILES string of the molecule is NC(Cc1ccsc1)c1cscc1Br. The van der Waals surface area contributed by atoms with Crippen LogP contribution in [-0.2, 0) is 6.42 Å². The summed E-state index contributed by atoms with van der Waals surface area (Å²) in [6.45, 7) is 0. The van der Waals surface area contributed by atoms with Gasteiger partial charge in [0.2, 0.25) is 0 Å². The van der Waals surface area contributed by atoms with Gasteiger partial charge in [-0.25, -0.2) is 0 Å². The Balaban J connectivity index is 2.10. The maximum atomic E-state index is 6.11. The normalized spacial score (nSPS) is 13.0. The van der Waals surface area contributed by atoms with Crippen molar-refractivity contribution >= 4 is 38.6 Å². The molecule has 2 heterocycles. The summed E-state index contributed by atoms with van der Waals surface area (Å²) >= 11 is 6.91. The van der Waals surface area contributed by atoms with Gasteiger partial charge in [-0.2, -0.15) is 22.7 Å². The molecule has 0 aliphatic rings. The molecule has 0 bridgehead atoms. The molecule has 1 unspecified atom stereocenters. The van der Waals surface area contributed by atoms with E-state index < -0.39 is 0 Å². The van der Waals surface area contributed by atoms with Gasteiger partial charge in [0, 0.05) is 15.9 Å². The van der Waals surface area contributed by atoms with E-state index in [1.54, 1.807) is 22.7 Å². The topological polar surface area (TPSA) is 26.0 Å². The van der Waals surface area contributed by atoms with Crippen LogP contribution >= 0.6 is 38.6 Å². The molecule has 0 aliphatic carbocycles. The van der Waals surface area contributed by atoms with Crippen molar-refractivity contribution in [1.82, 2.24) is 0 Å². The molecule has 2 aromatic rings. The van der Waals surface area contributed by atoms with Crippen molar-refractivity contribution in [3.05, 3.63) is 43.2 Å². The van der Waals surface area contributed by atoms with Crippen LogP contribution in [0.3, 0.4) is 0 Å². The number of thiophene rings is 2. The molecule has 0 amide bonds. The molecule has 0 saturated heterocycles. The van der Waals surface area contributed by atoms with Gasteiger partial charge in [-0.1, -0.05) is 0 Å². The quantitative estimate of drug-likeness (QED) is 0.913. The first-order valence-electron chi connectivity index (χ1n) is 4.25. The molecule has 0 radical (unpaired) electrons. The Morgan fingerprint density at radius 2 is 2.14 bits per heavy atom. The van der Waals surface area contributed by atoms with Crippen LogP contribution in [0.5, 0.6) is 0 Å². The van der Waals surface area contributed by atoms with Crippen molar-refractivity contribution in [2.45, 2.75) is 12.5 Å². The van der Waals surface area contributed by atoms with E-state index in [-0.39, 0.29) is 6.04 Å². The molecular formula is C10H10BrNS2. The van der Waals surface area contributed by atoms with E-state index in [1.165, 1.54) is 11.1 Å². The third-order valence-electron chi connectivity index (χ3n) is 2.08. The van der Waals surface area contributed by atoms with E-state index in [1.807, 2.05) is 0 Å². The Bertz CT molecular complexity index is 394. The minimum atomic E-state index is 0.102. The van der Waals surface area contributed by atoms with Crippen molar-refractivity contribution in [3.63, 3.8) is 0 Å². The third-order valence-corrected chi connectivity index (χ3v) is 4.56. The average molecular weight is 288 g/mol. The minimum absolute atomic E-state index is 0.102. The van der Waals surface area contributed by atoms with Crippen molar-refractivity contribution < 1.29 is 0 Å². The molecule has 0 saturated carbocycles. The second-order valence-corrected chi connectivity index (χ2v) is 5.50. The maximum Gasteiger partial charge on any atom is 0.0355 e. The fourth-order valence-electron chi connectivity index (χ4n) is 1.33. The summed E-state index contributed by atoms with van der Waals surface area (Å²) in [4.78, 5) is 0. The van der Waals surface area contributed by atoms with Crippen LogP contribution in [-0.4, -0.2) is 0 Å². The molecule has 2 N–H and O–H groups in total. The summed E-state index contributed by atoms with van der Waals surface area (Å²) in [5, 5.41) is 8.43. The van der Waals surface area contributed by atoms with E-state index in [0.717, 1.165) is 10.9 Å². The summed E-state index contributed by atoms with van der Waals surface area (Å²) in [6, 6.07) is 2.23. The van der Waals surface area contributed by atoms with Gasteiger partial charge in [0.25, 0.3) is 0 Å². The van der Waals surface area contributed by atoms with E-state index in [9.17, 15) is 0 Å². The Morgan fingerprint density at radius 3 is 2.71 bits per heavy atom. The highest BCUT2D eigenvalue weighted by Gasteiger charge is 2.11. The van der Waals surface area contributed by atoms with Crippen molar-refractivity contribution in [3.8, 4) is 0 Å². The largest absolute Gasteiger partial charge is 0.324 e. The van der Waals surface area contributed by atoms with Crippen LogP contribution in [0.15, 0.2) is 32.1 Å². The summed E-state index contributed by atoms with van der Waals surface area (Å²) < 4.78 is 1.13. The zero-order valence-corrected chi connectivity index (χ0v) is 10.7. The molecule has 2 rings (SSSR count). The summed E-state index contributed by atoms with van der Waals surface area (Å²) in [5.41, 5.74) is 8.64. The third kappa shape index (κ3) is 2.25. The fraction of sp³-hybridized carbons (Fsp3) is 0.200. The van der Waals surface area contributed by atoms with E-state index in [0.29, 0.717) is 0 Å². The average Bonchev–Trinajstić information content (AvgIpc) is 2.75. The molecule has 2 aromatic heterocycles. The second-order valence-electron chi connectivity index (χ2n) is 3.12. The van der Waals surface area contributed by atoms with Crippen molar-refractivity contribution in [1.29, 1.82) is 0 Å². The van der Waals surface area contributed by atoms with Crippen LogP contribution in [0.2, 0.25) is 0 Å². The van der Waals surface area contributed by atoms with E-state index in [4.69, 9.17) is 5.73 Å². The zero-order valence-electron chi connectivity index (χ0n) is 7.44. The predicted molar refractivity (Wildman–Crippen MR) is 67.0 cm³/mol. The van der Waals surface area contributed by atoms with Crippen LogP contribution in [0, 0.1) is 0 Å². The van der Waals surface area contributed by atoms with Gasteiger partial charge >= 0.3 is 0 Å². The molecule has 0 aliphatic heterocycles. The summed E-state index contributed by atoms with van der Waals surface area (Å²) in [5.74, 6) is 0. The Labute approximate surface area is 99.7 Å². The Morgan fingerprint density at radius 1 is 1.29 bits per heavy atom. The highest BCUT2D eigenvalue weighted by Crippen LogP contribution is 2.28. The molecule has 74 valence electrons. The minimum Gasteiger partial charge on any atom is -0.324 e. The standard InChI is InChI=1S/C10H10BrNS2/c11-9-6-14-5-8(9)10(12)3-7-1-2-13-4-7/h1-2,4-6,10H,3,12H2. The van der Waals surface area contributed by atoms with Crippen LogP contribution < -0.4 is 5.73 Å². The van der Waals surface area contributed by atoms with Gasteiger partial charge in [-0.05, 0) is 55.7 Å². The van der Waals surface area contributed by atoms with E-state index in [2.05, 4.69) is 43.5 Å². The smallest absolute Gasteiger partial charge is 0.0355 e. The molecule has 4 heteroatoms. The van der Waals surface area contributed by atoms with Crippen LogP contribution in [0.25, 0.3) is 0 Å². The number of halogens is 1. The molecule has 0 spiro atoms. The van der Waals surface area contributed by atoms with Crippen molar-refractivity contribution in [2.24, 2.45) is 5.73 Å². The lowest BCUT2D eigenvalue weighted by Crippen LogP contribution is -2.12. The lowest BCUT2D eigenvalue weighted by molar-refractivity contribution is 0.723. The molecule has 1 atom stereocenters. The molecule has 0 aromatic carbocycles. The molecular weight excluding hydrogens is 278 g/mol. The van der Waals surface area contributed by atoms with Gasteiger partial charge in [-0.15, -0.1) is 0 Å². The summed E-state index contributed by atoms with van der Waals surface area (Å²) in [6.07, 6.45) is 0.916. The summed E-state index contributed by atoms with van der Waals surface area (Å²) in [7, 11) is 0. The number of rotatable bonds is 3. The zero-order chi connectivity index (χ0) is 9.97. The first-order chi connectivity index (χ1) is 6.77. The lowest BCUT2D eigenvalue weighted by Gasteiger charge is -2.09. The fourth-order valence-corrected chi connectivity index (χ4v) is 3.67. The molecule has 0 fully saturated rings. The lowest BCUT2D eigenvalue weighted by atomic mass is 10.1. The second kappa shape index (κ2) is 4.57. The van der Waals surface area contributed by atoms with Crippen LogP contribution in [0.4, 0.5) is 0 Å². The number of hydrogen-bond donors (Lipinski definition) is 1. The number of hydrogen-bond acceptors (Lipinski definition) is 3. The maximum absolute atomic E-state index is 6.11. The number of nitrogens with two attached hydrogens (primary N) is 1. The first-order valence-corrected chi connectivity index (χ1v) is 6.93. The van der Waals surface area contributed by atoms with Gasteiger partial charge in [0.05, 0.1) is 0 Å². The van der Waals surface area contributed by atoms with E-state index >= 15 is 0 Å². The van der Waals surface area contributed by atoms with Crippen LogP contribution in [0.1, 0.15) is 17.2 Å². The molecule has 1 nitrogen and oxygen atoms in total. The first kappa shape index (κ1) is 10.4. The van der Waals surface area contributed by atoms with Gasteiger partial charge in [-0.3, -0.25) is 0 Å². The van der Waals surface area contributed by atoms with Gasteiger partial charge in [0.15, 0.2) is 0 Å². The highest BCUT2D eigenvalue weighted by molar-refractivity contribution is 9.10. The Kier molecular flexibility index (Phi) is 3.38. The van der Waals surface area contributed by atoms with Gasteiger partial charge < -0.3 is 5.73 Å². The van der Waals surface area contributed by atoms with Crippen molar-refractivity contribution in [2.75, 3.05) is 0 Å².